The smallest absolute Gasteiger partial charge is 0.254 e. The molecule has 0 unspecified atom stereocenters. The Balaban J connectivity index is 1.93. The molecule has 0 saturated carbocycles. The topological polar surface area (TPSA) is 80.6 Å². The molecule has 1 aromatic carbocycles. The fourth-order valence-electron chi connectivity index (χ4n) is 1.77. The van der Waals surface area contributed by atoms with Crippen LogP contribution in [-0.4, -0.2) is 25.5 Å². The minimum absolute atomic E-state index is 0.138. The van der Waals surface area contributed by atoms with Crippen molar-refractivity contribution in [2.45, 2.75) is 6.92 Å². The summed E-state index contributed by atoms with van der Waals surface area (Å²) in [7, 11) is 1.53. The molecule has 0 aliphatic heterocycles. The Morgan fingerprint density at radius 2 is 2.10 bits per heavy atom. The normalized spacial score (nSPS) is 10.0. The van der Waals surface area contributed by atoms with E-state index < -0.39 is 0 Å². The van der Waals surface area contributed by atoms with Crippen LogP contribution < -0.4 is 15.4 Å². The van der Waals surface area contributed by atoms with E-state index in [1.807, 2.05) is 13.0 Å². The highest BCUT2D eigenvalue weighted by Gasteiger charge is 2.11. The van der Waals surface area contributed by atoms with Gasteiger partial charge in [0.1, 0.15) is 12.0 Å². The lowest BCUT2D eigenvalue weighted by Crippen LogP contribution is -2.32. The summed E-state index contributed by atoms with van der Waals surface area (Å²) in [5.74, 6) is -0.138. The second kappa shape index (κ2) is 6.60. The van der Waals surface area contributed by atoms with Gasteiger partial charge in [0.15, 0.2) is 0 Å². The predicted octanol–water partition coefficient (Wildman–Crippen LogP) is 1.97. The molecule has 0 bridgehead atoms. The molecule has 0 saturated heterocycles. The third kappa shape index (κ3) is 3.85. The molecule has 0 spiro atoms. The van der Waals surface area contributed by atoms with E-state index in [-0.39, 0.29) is 18.4 Å². The van der Waals surface area contributed by atoms with Crippen molar-refractivity contribution in [3.63, 3.8) is 0 Å². The highest BCUT2D eigenvalue weighted by Crippen LogP contribution is 2.24. The van der Waals surface area contributed by atoms with Crippen LogP contribution in [0.15, 0.2) is 41.2 Å². The van der Waals surface area contributed by atoms with Crippen LogP contribution in [0.2, 0.25) is 0 Å². The van der Waals surface area contributed by atoms with Crippen molar-refractivity contribution >= 4 is 17.5 Å². The Morgan fingerprint density at radius 3 is 2.76 bits per heavy atom. The highest BCUT2D eigenvalue weighted by atomic mass is 16.5. The number of aryl methyl sites for hydroxylation is 1. The number of carbonyl (C=O) groups excluding carboxylic acids is 2. The van der Waals surface area contributed by atoms with Crippen LogP contribution in [0.4, 0.5) is 5.69 Å². The number of hydrogen-bond donors (Lipinski definition) is 2. The first-order chi connectivity index (χ1) is 10.1. The fraction of sp³-hybridized carbons (Fsp3) is 0.200. The van der Waals surface area contributed by atoms with Crippen molar-refractivity contribution < 1.29 is 18.7 Å². The molecule has 6 heteroatoms. The molecule has 110 valence electrons. The summed E-state index contributed by atoms with van der Waals surface area (Å²) >= 11 is 0. The molecule has 2 aromatic rings. The maximum Gasteiger partial charge on any atom is 0.254 e. The lowest BCUT2D eigenvalue weighted by molar-refractivity contribution is -0.115. The number of furan rings is 1. The summed E-state index contributed by atoms with van der Waals surface area (Å²) in [6.45, 7) is 1.77. The van der Waals surface area contributed by atoms with E-state index in [2.05, 4.69) is 10.6 Å². The van der Waals surface area contributed by atoms with E-state index in [4.69, 9.17) is 9.15 Å². The average molecular weight is 288 g/mol. The molecular formula is C15H16N2O4. The third-order valence-electron chi connectivity index (χ3n) is 2.82. The van der Waals surface area contributed by atoms with Crippen LogP contribution in [0.3, 0.4) is 0 Å². The molecule has 2 amide bonds. The molecule has 0 radical (unpaired) electrons. The molecule has 21 heavy (non-hydrogen) atoms. The van der Waals surface area contributed by atoms with Gasteiger partial charge < -0.3 is 19.8 Å². The molecule has 1 heterocycles. The number of rotatable bonds is 5. The summed E-state index contributed by atoms with van der Waals surface area (Å²) in [6.07, 6.45) is 2.71. The number of benzene rings is 1. The first-order valence-corrected chi connectivity index (χ1v) is 6.35. The van der Waals surface area contributed by atoms with Crippen molar-refractivity contribution in [3.8, 4) is 5.75 Å². The average Bonchev–Trinajstić information content (AvgIpc) is 2.99. The lowest BCUT2D eigenvalue weighted by Gasteiger charge is -2.11. The fourth-order valence-corrected chi connectivity index (χ4v) is 1.77. The number of methoxy groups -OCH3 is 1. The Hall–Kier alpha value is -2.76. The Kier molecular flexibility index (Phi) is 4.61. The number of hydrogen-bond acceptors (Lipinski definition) is 4. The number of carbonyl (C=O) groups is 2. The standard InChI is InChI=1S/C15H16N2O4/c1-10-3-4-13(20-2)12(7-10)17-14(18)8-16-15(19)11-5-6-21-9-11/h3-7,9H,8H2,1-2H3,(H,16,19)(H,17,18). The largest absolute Gasteiger partial charge is 0.495 e. The monoisotopic (exact) mass is 288 g/mol. The van der Waals surface area contributed by atoms with Gasteiger partial charge in [0, 0.05) is 0 Å². The van der Waals surface area contributed by atoms with Gasteiger partial charge in [0.2, 0.25) is 5.91 Å². The minimum Gasteiger partial charge on any atom is -0.495 e. The van der Waals surface area contributed by atoms with Crippen LogP contribution >= 0.6 is 0 Å². The van der Waals surface area contributed by atoms with Crippen LogP contribution in [-0.2, 0) is 4.79 Å². The van der Waals surface area contributed by atoms with Gasteiger partial charge in [-0.15, -0.1) is 0 Å². The van der Waals surface area contributed by atoms with Crippen LogP contribution in [0, 0.1) is 6.92 Å². The number of ether oxygens (including phenoxy) is 1. The Morgan fingerprint density at radius 1 is 1.29 bits per heavy atom. The molecule has 0 fully saturated rings. The van der Waals surface area contributed by atoms with Gasteiger partial charge in [-0.2, -0.15) is 0 Å². The van der Waals surface area contributed by atoms with Crippen LogP contribution in [0.5, 0.6) is 5.75 Å². The van der Waals surface area contributed by atoms with Crippen molar-refractivity contribution in [2.75, 3.05) is 19.0 Å². The quantitative estimate of drug-likeness (QED) is 0.881. The molecular weight excluding hydrogens is 272 g/mol. The summed E-state index contributed by atoms with van der Waals surface area (Å²) in [5, 5.41) is 5.21. The van der Waals surface area contributed by atoms with E-state index in [9.17, 15) is 9.59 Å². The Labute approximate surface area is 122 Å². The lowest BCUT2D eigenvalue weighted by atomic mass is 10.2. The van der Waals surface area contributed by atoms with E-state index in [0.717, 1.165) is 5.56 Å². The predicted molar refractivity (Wildman–Crippen MR) is 77.4 cm³/mol. The van der Waals surface area contributed by atoms with E-state index in [1.54, 1.807) is 12.1 Å². The molecule has 2 rings (SSSR count). The van der Waals surface area contributed by atoms with E-state index >= 15 is 0 Å². The van der Waals surface area contributed by atoms with Gasteiger partial charge in [0.25, 0.3) is 5.91 Å². The molecule has 1 aromatic heterocycles. The zero-order chi connectivity index (χ0) is 15.2. The second-order valence-corrected chi connectivity index (χ2v) is 4.45. The molecule has 2 N–H and O–H groups in total. The summed E-state index contributed by atoms with van der Waals surface area (Å²) in [6, 6.07) is 6.98. The van der Waals surface area contributed by atoms with Crippen molar-refractivity contribution in [1.29, 1.82) is 0 Å². The molecule has 0 aliphatic rings. The maximum absolute atomic E-state index is 11.9. The van der Waals surface area contributed by atoms with Gasteiger partial charge in [-0.25, -0.2) is 0 Å². The Bertz CT molecular complexity index is 635. The number of anilines is 1. The highest BCUT2D eigenvalue weighted by molar-refractivity contribution is 5.99. The maximum atomic E-state index is 11.9. The van der Waals surface area contributed by atoms with Crippen molar-refractivity contribution in [2.24, 2.45) is 0 Å². The third-order valence-corrected chi connectivity index (χ3v) is 2.82. The number of amides is 2. The first kappa shape index (κ1) is 14.6. The van der Waals surface area contributed by atoms with Gasteiger partial charge in [-0.1, -0.05) is 6.07 Å². The zero-order valence-corrected chi connectivity index (χ0v) is 11.8. The number of nitrogens with one attached hydrogen (secondary N) is 2. The summed E-state index contributed by atoms with van der Waals surface area (Å²) in [5.41, 5.74) is 1.93. The van der Waals surface area contributed by atoms with Crippen molar-refractivity contribution in [1.82, 2.24) is 5.32 Å². The zero-order valence-electron chi connectivity index (χ0n) is 11.8. The molecule has 0 aliphatic carbocycles. The van der Waals surface area contributed by atoms with Crippen LogP contribution in [0.1, 0.15) is 15.9 Å². The van der Waals surface area contributed by atoms with Gasteiger partial charge in [-0.05, 0) is 30.7 Å². The second-order valence-electron chi connectivity index (χ2n) is 4.45. The summed E-state index contributed by atoms with van der Waals surface area (Å²) < 4.78 is 9.97. The molecule has 6 nitrogen and oxygen atoms in total. The summed E-state index contributed by atoms with van der Waals surface area (Å²) in [4.78, 5) is 23.5. The van der Waals surface area contributed by atoms with Gasteiger partial charge in [-0.3, -0.25) is 9.59 Å². The van der Waals surface area contributed by atoms with E-state index in [0.29, 0.717) is 17.0 Å². The van der Waals surface area contributed by atoms with Crippen LogP contribution in [0.25, 0.3) is 0 Å². The van der Waals surface area contributed by atoms with Gasteiger partial charge >= 0.3 is 0 Å². The minimum atomic E-state index is -0.366. The SMILES string of the molecule is COc1ccc(C)cc1NC(=O)CNC(=O)c1ccoc1. The van der Waals surface area contributed by atoms with E-state index in [1.165, 1.54) is 25.7 Å². The van der Waals surface area contributed by atoms with Crippen molar-refractivity contribution in [3.05, 3.63) is 47.9 Å². The van der Waals surface area contributed by atoms with Gasteiger partial charge in [0.05, 0.1) is 31.2 Å². The first-order valence-electron chi connectivity index (χ1n) is 6.35. The molecule has 0 atom stereocenters.